The van der Waals surface area contributed by atoms with E-state index < -0.39 is 25.1 Å². The van der Waals surface area contributed by atoms with Crippen LogP contribution < -0.4 is 0 Å². The number of likely N-dealkylation sites (N-methyl/N-ethyl adjacent to an activating group) is 1. The molecule has 5 heteroatoms. The van der Waals surface area contributed by atoms with Gasteiger partial charge >= 0.3 is 0 Å². The first kappa shape index (κ1) is 10.4. The lowest BCUT2D eigenvalue weighted by Crippen LogP contribution is -2.35. The van der Waals surface area contributed by atoms with Crippen LogP contribution in [-0.4, -0.2) is 31.7 Å². The van der Waals surface area contributed by atoms with Gasteiger partial charge in [0, 0.05) is 20.4 Å². The Morgan fingerprint density at radius 2 is 2.04 bits per heavy atom. The van der Waals surface area contributed by atoms with Crippen molar-refractivity contribution < 1.29 is 17.6 Å². The van der Waals surface area contributed by atoms with Crippen molar-refractivity contribution in [3.63, 3.8) is 0 Å². The number of hydrogen-bond acceptors (Lipinski definition) is 3. The van der Waals surface area contributed by atoms with Gasteiger partial charge < -0.3 is 14.6 Å². The Labute approximate surface area is 154 Å². The van der Waals surface area contributed by atoms with Crippen LogP contribution in [0.2, 0.25) is 5.02 Å². The maximum absolute atomic E-state index is 12.6. The second-order valence-electron chi connectivity index (χ2n) is 5.10. The van der Waals surface area contributed by atoms with Crippen LogP contribution in [-0.2, 0) is 4.74 Å². The molecule has 0 spiro atoms. The molecule has 0 aromatic heterocycles. The van der Waals surface area contributed by atoms with Crippen molar-refractivity contribution in [1.82, 2.24) is 0 Å². The Balaban J connectivity index is 1.92. The van der Waals surface area contributed by atoms with Gasteiger partial charge in [0.25, 0.3) is 0 Å². The second kappa shape index (κ2) is 6.57. The highest BCUT2D eigenvalue weighted by Gasteiger charge is 2.18. The lowest BCUT2D eigenvalue weighted by molar-refractivity contribution is -0.840. The van der Waals surface area contributed by atoms with Gasteiger partial charge in [0.2, 0.25) is 0 Å². The predicted octanol–water partition coefficient (Wildman–Crippen LogP) is 4.89. The van der Waals surface area contributed by atoms with Crippen molar-refractivity contribution in [3.8, 4) is 0 Å². The van der Waals surface area contributed by atoms with Gasteiger partial charge in [-0.2, -0.15) is 0 Å². The molecule has 3 rings (SSSR count). The number of rotatable bonds is 4. The molecule has 0 saturated carbocycles. The Morgan fingerprint density at radius 1 is 1.22 bits per heavy atom. The number of hydroxylamine groups is 3. The standard InChI is InChI=1S/C18H18ClNO2S/c1-20(2,21)9-10-22-16-11-13-5-3-4-6-17(13)23-18-8-7-14(19)12-15(16)18/h3-8,11-12H,9-10H2,1-2H3/i1D3,2D3. The zero-order chi connectivity index (χ0) is 21.4. The molecule has 1 heterocycles. The molecule has 3 nitrogen and oxygen atoms in total. The highest BCUT2D eigenvalue weighted by molar-refractivity contribution is 7.99. The summed E-state index contributed by atoms with van der Waals surface area (Å²) in [5, 5.41) is 13.1. The summed E-state index contributed by atoms with van der Waals surface area (Å²) in [7, 11) is 0. The Bertz CT molecular complexity index is 931. The molecule has 0 saturated heterocycles. The Kier molecular flexibility index (Phi) is 2.98. The summed E-state index contributed by atoms with van der Waals surface area (Å²) in [6.07, 6.45) is 1.77. The van der Waals surface area contributed by atoms with E-state index in [-0.39, 0.29) is 6.61 Å². The summed E-state index contributed by atoms with van der Waals surface area (Å²) in [4.78, 5) is 1.87. The minimum Gasteiger partial charge on any atom is -0.633 e. The fraction of sp³-hybridized carbons (Fsp3) is 0.222. The van der Waals surface area contributed by atoms with Crippen LogP contribution in [0.1, 0.15) is 19.4 Å². The van der Waals surface area contributed by atoms with Crippen LogP contribution in [0.5, 0.6) is 0 Å². The van der Waals surface area contributed by atoms with Gasteiger partial charge in [-0.05, 0) is 35.9 Å². The van der Waals surface area contributed by atoms with E-state index in [9.17, 15) is 5.21 Å². The molecule has 0 atom stereocenters. The molecule has 0 aliphatic carbocycles. The van der Waals surface area contributed by atoms with Crippen LogP contribution in [0.3, 0.4) is 0 Å². The number of quaternary nitrogens is 1. The van der Waals surface area contributed by atoms with E-state index >= 15 is 0 Å². The zero-order valence-electron chi connectivity index (χ0n) is 18.1. The molecular formula is C18H18ClNO2S. The van der Waals surface area contributed by atoms with E-state index in [0.717, 1.165) is 15.4 Å². The molecule has 0 unspecified atom stereocenters. The maximum atomic E-state index is 12.6. The average Bonchev–Trinajstić information content (AvgIpc) is 2.76. The van der Waals surface area contributed by atoms with Gasteiger partial charge in [0.1, 0.15) is 18.9 Å². The number of ether oxygens (including phenoxy) is 1. The smallest absolute Gasteiger partial charge is 0.137 e. The molecule has 1 aliphatic rings. The quantitative estimate of drug-likeness (QED) is 0.579. The maximum Gasteiger partial charge on any atom is 0.137 e. The van der Waals surface area contributed by atoms with E-state index in [1.54, 1.807) is 18.2 Å². The van der Waals surface area contributed by atoms with Crippen molar-refractivity contribution >= 4 is 35.2 Å². The van der Waals surface area contributed by atoms with Gasteiger partial charge in [-0.3, -0.25) is 0 Å². The molecule has 120 valence electrons. The molecule has 0 amide bonds. The van der Waals surface area contributed by atoms with Gasteiger partial charge in [-0.1, -0.05) is 41.6 Å². The summed E-state index contributed by atoms with van der Waals surface area (Å²) in [6.45, 7) is -7.65. The third kappa shape index (κ3) is 4.09. The first-order chi connectivity index (χ1) is 13.4. The molecule has 0 N–H and O–H groups in total. The second-order valence-corrected chi connectivity index (χ2v) is 6.62. The van der Waals surface area contributed by atoms with Crippen molar-refractivity contribution in [2.24, 2.45) is 0 Å². The SMILES string of the molecule is [2H]C([2H])([2H])[N+]([O-])(CCOC1=Cc2ccccc2Sc2ccc(Cl)cc21)C([2H])([2H])[2H]. The van der Waals surface area contributed by atoms with Crippen molar-refractivity contribution in [2.45, 2.75) is 9.79 Å². The molecule has 23 heavy (non-hydrogen) atoms. The van der Waals surface area contributed by atoms with Crippen molar-refractivity contribution in [2.75, 3.05) is 27.1 Å². The summed E-state index contributed by atoms with van der Waals surface area (Å²) >= 11 is 7.67. The third-order valence-corrected chi connectivity index (χ3v) is 4.70. The van der Waals surface area contributed by atoms with E-state index in [4.69, 9.17) is 24.6 Å². The first-order valence-corrected chi connectivity index (χ1v) is 8.12. The number of hydrogen-bond donors (Lipinski definition) is 0. The average molecular weight is 354 g/mol. The van der Waals surface area contributed by atoms with Crippen LogP contribution >= 0.6 is 23.4 Å². The molecule has 0 fully saturated rings. The van der Waals surface area contributed by atoms with Crippen LogP contribution in [0.25, 0.3) is 11.8 Å². The lowest BCUT2D eigenvalue weighted by Gasteiger charge is -2.33. The molecule has 0 radical (unpaired) electrons. The largest absolute Gasteiger partial charge is 0.633 e. The number of halogens is 1. The van der Waals surface area contributed by atoms with Crippen LogP contribution in [0.15, 0.2) is 52.3 Å². The Hall–Kier alpha value is -1.46. The topological polar surface area (TPSA) is 32.3 Å². The van der Waals surface area contributed by atoms with E-state index in [2.05, 4.69) is 0 Å². The molecule has 0 bridgehead atoms. The third-order valence-electron chi connectivity index (χ3n) is 3.30. The summed E-state index contributed by atoms with van der Waals surface area (Å²) in [6, 6.07) is 13.0. The van der Waals surface area contributed by atoms with E-state index in [1.807, 2.05) is 30.3 Å². The van der Waals surface area contributed by atoms with Crippen molar-refractivity contribution in [3.05, 3.63) is 63.8 Å². The number of fused-ring (bicyclic) bond motifs is 2. The summed E-state index contributed by atoms with van der Waals surface area (Å²) in [5.74, 6) is 0.391. The normalized spacial score (nSPS) is 18.6. The highest BCUT2D eigenvalue weighted by Crippen LogP contribution is 2.41. The monoisotopic (exact) mass is 353 g/mol. The Morgan fingerprint density at radius 3 is 2.87 bits per heavy atom. The van der Waals surface area contributed by atoms with Crippen molar-refractivity contribution in [1.29, 1.82) is 0 Å². The molecule has 1 aliphatic heterocycles. The summed E-state index contributed by atoms with van der Waals surface area (Å²) in [5.41, 5.74) is 1.57. The molecule has 2 aromatic rings. The predicted molar refractivity (Wildman–Crippen MR) is 96.2 cm³/mol. The van der Waals surface area contributed by atoms with Gasteiger partial charge in [0.15, 0.2) is 0 Å². The van der Waals surface area contributed by atoms with Gasteiger partial charge in [0.05, 0.1) is 22.2 Å². The summed E-state index contributed by atoms with van der Waals surface area (Å²) < 4.78 is 47.7. The first-order valence-electron chi connectivity index (χ1n) is 9.93. The van der Waals surface area contributed by atoms with E-state index in [0.29, 0.717) is 16.3 Å². The van der Waals surface area contributed by atoms with Crippen LogP contribution in [0, 0.1) is 5.21 Å². The van der Waals surface area contributed by atoms with Crippen LogP contribution in [0.4, 0.5) is 0 Å². The number of nitrogens with zero attached hydrogens (tertiary/aromatic N) is 1. The molecular weight excluding hydrogens is 330 g/mol. The molecule has 2 aromatic carbocycles. The highest BCUT2D eigenvalue weighted by atomic mass is 35.5. The van der Waals surface area contributed by atoms with E-state index in [1.165, 1.54) is 11.8 Å². The fourth-order valence-electron chi connectivity index (χ4n) is 2.22. The van der Waals surface area contributed by atoms with Gasteiger partial charge in [-0.15, -0.1) is 0 Å². The lowest BCUT2D eigenvalue weighted by atomic mass is 10.1. The number of benzene rings is 2. The van der Waals surface area contributed by atoms with Gasteiger partial charge in [-0.25, -0.2) is 0 Å². The minimum absolute atomic E-state index is 0.384. The zero-order valence-corrected chi connectivity index (χ0v) is 13.7. The fourth-order valence-corrected chi connectivity index (χ4v) is 3.42. The minimum atomic E-state index is -3.25.